The fourth-order valence-corrected chi connectivity index (χ4v) is 0. The summed E-state index contributed by atoms with van der Waals surface area (Å²) in [6, 6.07) is 0. The second-order valence-corrected chi connectivity index (χ2v) is 1.01. The highest BCUT2D eigenvalue weighted by atomic mass is 28.1. The first-order valence-corrected chi connectivity index (χ1v) is 2.78. The fourth-order valence-electron chi connectivity index (χ4n) is 0. The van der Waals surface area contributed by atoms with E-state index in [1.54, 1.807) is 0 Å². The summed E-state index contributed by atoms with van der Waals surface area (Å²) in [6.45, 7) is 4.25. The molecule has 0 atom stereocenters. The van der Waals surface area contributed by atoms with E-state index in [2.05, 4.69) is 13.8 Å². The van der Waals surface area contributed by atoms with Crippen molar-refractivity contribution in [1.29, 1.82) is 16.2 Å². The zero-order chi connectivity index (χ0) is 10.8. The summed E-state index contributed by atoms with van der Waals surface area (Å²) in [4.78, 5) is 25.0. The molecule has 0 aliphatic rings. The summed E-state index contributed by atoms with van der Waals surface area (Å²) in [5.41, 5.74) is 0. The lowest BCUT2D eigenvalue weighted by atomic mass is 10.6. The minimum atomic E-state index is 0. The maximum Gasteiger partial charge on any atom is 0.231 e. The first-order valence-electron chi connectivity index (χ1n) is 2.78. The molecule has 0 heterocycles. The Hall–Kier alpha value is -1.64. The van der Waals surface area contributed by atoms with Gasteiger partial charge in [0, 0.05) is 0 Å². The van der Waals surface area contributed by atoms with Crippen LogP contribution in [0.15, 0.2) is 0 Å². The minimum absolute atomic E-state index is 0. The molecular formula is C6H15N3O3Si. The van der Waals surface area contributed by atoms with Gasteiger partial charge in [0.1, 0.15) is 0 Å². The van der Waals surface area contributed by atoms with E-state index in [1.165, 1.54) is 6.42 Å². The monoisotopic (exact) mass is 205 g/mol. The molecule has 0 spiro atoms. The molecule has 0 amide bonds. The Balaban J connectivity index is -0.0000000213. The van der Waals surface area contributed by atoms with Crippen molar-refractivity contribution in [1.82, 2.24) is 0 Å². The lowest BCUT2D eigenvalue weighted by Crippen LogP contribution is -1.27. The fraction of sp³-hybridized carbons (Fsp3) is 0.500. The van der Waals surface area contributed by atoms with Crippen LogP contribution in [0.5, 0.6) is 0 Å². The molecule has 76 valence electrons. The predicted octanol–water partition coefficient (Wildman–Crippen LogP) is -0.332. The summed E-state index contributed by atoms with van der Waals surface area (Å²) in [5.74, 6) is 0. The second-order valence-electron chi connectivity index (χ2n) is 1.01. The highest BCUT2D eigenvalue weighted by molar-refractivity contribution is 5.75. The maximum atomic E-state index is 8.35. The SMILES string of the molecule is CCC.N=C=O.N=C=O.N=C=O.[SiH4]. The van der Waals surface area contributed by atoms with E-state index < -0.39 is 0 Å². The summed E-state index contributed by atoms with van der Waals surface area (Å²) < 4.78 is 0. The molecular weight excluding hydrogens is 190 g/mol. The molecule has 0 aliphatic heterocycles. The van der Waals surface area contributed by atoms with Crippen molar-refractivity contribution < 1.29 is 14.4 Å². The van der Waals surface area contributed by atoms with Crippen molar-refractivity contribution in [3.63, 3.8) is 0 Å². The zero-order valence-corrected chi connectivity index (χ0v) is 6.93. The molecule has 7 heteroatoms. The van der Waals surface area contributed by atoms with Gasteiger partial charge in [-0.1, -0.05) is 20.3 Å². The number of carbonyl (C=O) groups excluding carboxylic acids is 3. The third-order valence-electron chi connectivity index (χ3n) is 0. The van der Waals surface area contributed by atoms with Gasteiger partial charge in [-0.25, -0.2) is 30.6 Å². The smallest absolute Gasteiger partial charge is 0.222 e. The molecule has 0 rings (SSSR count). The molecule has 0 unspecified atom stereocenters. The van der Waals surface area contributed by atoms with E-state index in [0.717, 1.165) is 18.2 Å². The van der Waals surface area contributed by atoms with Crippen LogP contribution in [0.2, 0.25) is 0 Å². The quantitative estimate of drug-likeness (QED) is 0.285. The maximum absolute atomic E-state index is 8.35. The molecule has 0 aromatic heterocycles. The topological polar surface area (TPSA) is 123 Å². The van der Waals surface area contributed by atoms with Crippen molar-refractivity contribution >= 4 is 29.2 Å². The Bertz CT molecular complexity index is 126. The van der Waals surface area contributed by atoms with Crippen molar-refractivity contribution in [2.75, 3.05) is 0 Å². The first kappa shape index (κ1) is 30.1. The van der Waals surface area contributed by atoms with Crippen LogP contribution >= 0.6 is 0 Å². The van der Waals surface area contributed by atoms with Gasteiger partial charge < -0.3 is 0 Å². The molecule has 0 aliphatic carbocycles. The van der Waals surface area contributed by atoms with Crippen LogP contribution in [-0.2, 0) is 14.4 Å². The van der Waals surface area contributed by atoms with Crippen molar-refractivity contribution in [2.45, 2.75) is 20.3 Å². The van der Waals surface area contributed by atoms with Crippen LogP contribution in [-0.4, -0.2) is 29.2 Å². The largest absolute Gasteiger partial charge is 0.231 e. The normalized spacial score (nSPS) is 3.23. The van der Waals surface area contributed by atoms with Gasteiger partial charge in [-0.3, -0.25) is 0 Å². The summed E-state index contributed by atoms with van der Waals surface area (Å²) in [5, 5.41) is 16.2. The van der Waals surface area contributed by atoms with Crippen LogP contribution in [0.1, 0.15) is 20.3 Å². The average molecular weight is 205 g/mol. The third-order valence-corrected chi connectivity index (χ3v) is 0. The third kappa shape index (κ3) is 268. The van der Waals surface area contributed by atoms with Crippen LogP contribution in [0.3, 0.4) is 0 Å². The molecule has 0 fully saturated rings. The van der Waals surface area contributed by atoms with Gasteiger partial charge in [0.25, 0.3) is 0 Å². The molecule has 3 N–H and O–H groups in total. The van der Waals surface area contributed by atoms with Crippen molar-refractivity contribution in [2.24, 2.45) is 0 Å². The Kier molecular flexibility index (Phi) is 379. The Morgan fingerprint density at radius 3 is 0.846 bits per heavy atom. The van der Waals surface area contributed by atoms with E-state index in [9.17, 15) is 0 Å². The Morgan fingerprint density at radius 2 is 0.846 bits per heavy atom. The summed E-state index contributed by atoms with van der Waals surface area (Å²) in [7, 11) is 0. The second kappa shape index (κ2) is 163. The summed E-state index contributed by atoms with van der Waals surface area (Å²) in [6.07, 6.45) is 3.50. The number of rotatable bonds is 0. The van der Waals surface area contributed by atoms with E-state index >= 15 is 0 Å². The molecule has 0 radical (unpaired) electrons. The number of nitrogens with one attached hydrogen (secondary N) is 3. The molecule has 6 nitrogen and oxygen atoms in total. The van der Waals surface area contributed by atoms with Crippen LogP contribution < -0.4 is 0 Å². The highest BCUT2D eigenvalue weighted by Crippen LogP contribution is 1.56. The highest BCUT2D eigenvalue weighted by Gasteiger charge is 1.35. The predicted molar refractivity (Wildman–Crippen MR) is 52.5 cm³/mol. The molecule has 0 saturated carbocycles. The standard InChI is InChI=1S/C3H8.3CHNO.H4Si/c1-3-2;3*2-1-3;/h3H2,1-2H3;3*2H;1H4. The Morgan fingerprint density at radius 1 is 0.846 bits per heavy atom. The molecule has 0 aromatic carbocycles. The zero-order valence-electron chi connectivity index (χ0n) is 6.93. The van der Waals surface area contributed by atoms with E-state index in [1.807, 2.05) is 0 Å². The van der Waals surface area contributed by atoms with Gasteiger partial charge in [-0.05, 0) is 11.0 Å². The van der Waals surface area contributed by atoms with Crippen LogP contribution in [0.4, 0.5) is 0 Å². The Labute approximate surface area is 80.9 Å². The average Bonchev–Trinajstić information content (AvgIpc) is 1.92. The minimum Gasteiger partial charge on any atom is -0.222 e. The lowest BCUT2D eigenvalue weighted by Gasteiger charge is -1.48. The number of hydrogen-bond donors (Lipinski definition) is 3. The van der Waals surface area contributed by atoms with Gasteiger partial charge in [0.05, 0.1) is 0 Å². The number of hydrogen-bond acceptors (Lipinski definition) is 6. The van der Waals surface area contributed by atoms with E-state index in [0.29, 0.717) is 0 Å². The lowest BCUT2D eigenvalue weighted by molar-refractivity contribution is 0.562. The van der Waals surface area contributed by atoms with Gasteiger partial charge in [0.2, 0.25) is 18.2 Å². The van der Waals surface area contributed by atoms with Gasteiger partial charge in [-0.15, -0.1) is 0 Å². The van der Waals surface area contributed by atoms with Crippen molar-refractivity contribution in [3.05, 3.63) is 0 Å². The molecule has 0 aromatic rings. The van der Waals surface area contributed by atoms with Crippen molar-refractivity contribution in [3.8, 4) is 0 Å². The first-order chi connectivity index (χ1) is 5.66. The van der Waals surface area contributed by atoms with Gasteiger partial charge in [-0.2, -0.15) is 0 Å². The van der Waals surface area contributed by atoms with Crippen LogP contribution in [0, 0.1) is 16.2 Å². The molecule has 0 bridgehead atoms. The van der Waals surface area contributed by atoms with Gasteiger partial charge in [0.15, 0.2) is 0 Å². The molecule has 0 saturated heterocycles. The van der Waals surface area contributed by atoms with Gasteiger partial charge >= 0.3 is 0 Å². The van der Waals surface area contributed by atoms with Crippen LogP contribution in [0.25, 0.3) is 0 Å². The van der Waals surface area contributed by atoms with E-state index in [4.69, 9.17) is 30.6 Å². The van der Waals surface area contributed by atoms with E-state index in [-0.39, 0.29) is 11.0 Å². The molecule has 13 heavy (non-hydrogen) atoms. The number of isocyanates is 3. The summed E-state index contributed by atoms with van der Waals surface area (Å²) >= 11 is 0.